The van der Waals surface area contributed by atoms with Gasteiger partial charge in [-0.1, -0.05) is 23.7 Å². The summed E-state index contributed by atoms with van der Waals surface area (Å²) in [5.41, 5.74) is 4.80. The molecule has 0 amide bonds. The largest absolute Gasteiger partial charge is 0.324 e. The average Bonchev–Trinajstić information content (AvgIpc) is 2.77. The molecular formula is C16H12ClN3. The van der Waals surface area contributed by atoms with Gasteiger partial charge in [-0.25, -0.2) is 9.97 Å². The van der Waals surface area contributed by atoms with E-state index in [0.29, 0.717) is 0 Å². The molecule has 0 N–H and O–H groups in total. The zero-order valence-electron chi connectivity index (χ0n) is 11.0. The molecule has 0 saturated carbocycles. The Morgan fingerprint density at radius 1 is 1.05 bits per heavy atom. The van der Waals surface area contributed by atoms with Crippen LogP contribution in [0.25, 0.3) is 33.1 Å². The molecular weight excluding hydrogens is 270 g/mol. The summed E-state index contributed by atoms with van der Waals surface area (Å²) >= 11 is 6.13. The third kappa shape index (κ3) is 1.53. The average molecular weight is 282 g/mol. The first-order chi connectivity index (χ1) is 9.78. The van der Waals surface area contributed by atoms with Gasteiger partial charge < -0.3 is 4.57 Å². The third-order valence-electron chi connectivity index (χ3n) is 3.63. The molecule has 20 heavy (non-hydrogen) atoms. The fraction of sp³-hybridized carbons (Fsp3) is 0.125. The quantitative estimate of drug-likeness (QED) is 0.517. The lowest BCUT2D eigenvalue weighted by atomic mass is 10.2. The van der Waals surface area contributed by atoms with E-state index >= 15 is 0 Å². The van der Waals surface area contributed by atoms with Crippen LogP contribution in [0.2, 0.25) is 5.02 Å². The minimum absolute atomic E-state index is 0.725. The van der Waals surface area contributed by atoms with Gasteiger partial charge in [0.15, 0.2) is 5.65 Å². The predicted molar refractivity (Wildman–Crippen MR) is 83.2 cm³/mol. The van der Waals surface area contributed by atoms with Gasteiger partial charge in [-0.3, -0.25) is 0 Å². The number of rotatable bonds is 1. The van der Waals surface area contributed by atoms with E-state index in [9.17, 15) is 0 Å². The first-order valence-corrected chi connectivity index (χ1v) is 7.00. The molecule has 0 fully saturated rings. The Labute approximate surface area is 120 Å². The van der Waals surface area contributed by atoms with Gasteiger partial charge in [-0.05, 0) is 37.3 Å². The molecule has 0 atom stereocenters. The summed E-state index contributed by atoms with van der Waals surface area (Å²) in [6.07, 6.45) is 0. The normalized spacial score (nSPS) is 11.7. The van der Waals surface area contributed by atoms with Gasteiger partial charge in [0.25, 0.3) is 0 Å². The van der Waals surface area contributed by atoms with Crippen LogP contribution in [-0.2, 0) is 6.54 Å². The second kappa shape index (κ2) is 4.18. The van der Waals surface area contributed by atoms with Crippen LogP contribution in [0.1, 0.15) is 6.92 Å². The molecule has 4 rings (SSSR count). The van der Waals surface area contributed by atoms with E-state index in [1.54, 1.807) is 0 Å². The van der Waals surface area contributed by atoms with Gasteiger partial charge in [-0.2, -0.15) is 0 Å². The fourth-order valence-electron chi connectivity index (χ4n) is 2.73. The van der Waals surface area contributed by atoms with Crippen molar-refractivity contribution in [2.24, 2.45) is 0 Å². The van der Waals surface area contributed by atoms with Crippen LogP contribution in [0.4, 0.5) is 0 Å². The second-order valence-electron chi connectivity index (χ2n) is 4.79. The van der Waals surface area contributed by atoms with Gasteiger partial charge in [-0.15, -0.1) is 0 Å². The van der Waals surface area contributed by atoms with Gasteiger partial charge >= 0.3 is 0 Å². The summed E-state index contributed by atoms with van der Waals surface area (Å²) in [5, 5.41) is 1.79. The summed E-state index contributed by atoms with van der Waals surface area (Å²) < 4.78 is 2.18. The maximum Gasteiger partial charge on any atom is 0.160 e. The van der Waals surface area contributed by atoms with Crippen LogP contribution < -0.4 is 0 Å². The third-order valence-corrected chi connectivity index (χ3v) is 3.86. The minimum atomic E-state index is 0.725. The topological polar surface area (TPSA) is 30.7 Å². The summed E-state index contributed by atoms with van der Waals surface area (Å²) in [7, 11) is 0. The van der Waals surface area contributed by atoms with E-state index in [1.807, 2.05) is 42.5 Å². The lowest BCUT2D eigenvalue weighted by molar-refractivity contribution is 0.817. The molecule has 0 aliphatic carbocycles. The summed E-state index contributed by atoms with van der Waals surface area (Å²) in [5.74, 6) is 0. The second-order valence-corrected chi connectivity index (χ2v) is 5.23. The number of halogens is 1. The van der Waals surface area contributed by atoms with Crippen molar-refractivity contribution in [1.82, 2.24) is 14.5 Å². The van der Waals surface area contributed by atoms with Gasteiger partial charge in [0.1, 0.15) is 5.52 Å². The molecule has 0 saturated heterocycles. The molecule has 98 valence electrons. The van der Waals surface area contributed by atoms with E-state index in [2.05, 4.69) is 11.5 Å². The Morgan fingerprint density at radius 3 is 2.55 bits per heavy atom. The van der Waals surface area contributed by atoms with Crippen molar-refractivity contribution >= 4 is 44.7 Å². The number of hydrogen-bond acceptors (Lipinski definition) is 2. The zero-order chi connectivity index (χ0) is 13.7. The number of nitrogens with zero attached hydrogens (tertiary/aromatic N) is 3. The molecule has 2 aromatic heterocycles. The number of para-hydroxylation sites is 2. The lowest BCUT2D eigenvalue weighted by Crippen LogP contribution is -1.96. The standard InChI is InChI=1S/C16H12ClN3/c1-2-20-14-8-7-10(17)9-11(14)15-16(20)19-13-6-4-3-5-12(13)18-15/h3-9H,2H2,1H3. The van der Waals surface area contributed by atoms with E-state index in [-0.39, 0.29) is 0 Å². The van der Waals surface area contributed by atoms with E-state index in [1.165, 1.54) is 0 Å². The van der Waals surface area contributed by atoms with Crippen molar-refractivity contribution in [3.8, 4) is 0 Å². The molecule has 4 aromatic rings. The monoisotopic (exact) mass is 281 g/mol. The minimum Gasteiger partial charge on any atom is -0.324 e. The molecule has 3 nitrogen and oxygen atoms in total. The van der Waals surface area contributed by atoms with Gasteiger partial charge in [0, 0.05) is 17.0 Å². The van der Waals surface area contributed by atoms with Crippen LogP contribution in [0.15, 0.2) is 42.5 Å². The smallest absolute Gasteiger partial charge is 0.160 e. The number of hydrogen-bond donors (Lipinski definition) is 0. The number of benzene rings is 2. The van der Waals surface area contributed by atoms with Crippen LogP contribution >= 0.6 is 11.6 Å². The Bertz CT molecular complexity index is 956. The fourth-order valence-corrected chi connectivity index (χ4v) is 2.90. The molecule has 4 heteroatoms. The molecule has 0 aliphatic rings. The van der Waals surface area contributed by atoms with Gasteiger partial charge in [0.05, 0.1) is 16.6 Å². The highest BCUT2D eigenvalue weighted by Gasteiger charge is 2.13. The molecule has 0 aliphatic heterocycles. The van der Waals surface area contributed by atoms with Crippen LogP contribution in [0.3, 0.4) is 0 Å². The zero-order valence-corrected chi connectivity index (χ0v) is 11.7. The van der Waals surface area contributed by atoms with Crippen molar-refractivity contribution in [3.05, 3.63) is 47.5 Å². The highest BCUT2D eigenvalue weighted by molar-refractivity contribution is 6.31. The van der Waals surface area contributed by atoms with E-state index < -0.39 is 0 Å². The first-order valence-electron chi connectivity index (χ1n) is 6.62. The summed E-state index contributed by atoms with van der Waals surface area (Å²) in [4.78, 5) is 9.55. The molecule has 2 heterocycles. The summed E-state index contributed by atoms with van der Waals surface area (Å²) in [6, 6.07) is 13.9. The first kappa shape index (κ1) is 11.7. The molecule has 2 aromatic carbocycles. The summed E-state index contributed by atoms with van der Waals surface area (Å²) in [6.45, 7) is 2.97. The number of fused-ring (bicyclic) bond motifs is 4. The number of aromatic nitrogens is 3. The molecule has 0 radical (unpaired) electrons. The van der Waals surface area contributed by atoms with Gasteiger partial charge in [0.2, 0.25) is 0 Å². The predicted octanol–water partition coefficient (Wildman–Crippen LogP) is 4.41. The molecule has 0 bridgehead atoms. The molecule has 0 spiro atoms. The Balaban J connectivity index is 2.28. The maximum absolute atomic E-state index is 6.13. The highest BCUT2D eigenvalue weighted by atomic mass is 35.5. The number of aryl methyl sites for hydroxylation is 1. The molecule has 0 unspecified atom stereocenters. The van der Waals surface area contributed by atoms with Crippen molar-refractivity contribution in [2.75, 3.05) is 0 Å². The van der Waals surface area contributed by atoms with Crippen LogP contribution in [0.5, 0.6) is 0 Å². The Morgan fingerprint density at radius 2 is 1.80 bits per heavy atom. The Kier molecular flexibility index (Phi) is 2.44. The van der Waals surface area contributed by atoms with Crippen molar-refractivity contribution in [2.45, 2.75) is 13.5 Å². The highest BCUT2D eigenvalue weighted by Crippen LogP contribution is 2.30. The van der Waals surface area contributed by atoms with Crippen molar-refractivity contribution in [3.63, 3.8) is 0 Å². The van der Waals surface area contributed by atoms with Crippen molar-refractivity contribution in [1.29, 1.82) is 0 Å². The maximum atomic E-state index is 6.13. The van der Waals surface area contributed by atoms with Crippen LogP contribution in [0, 0.1) is 0 Å². The van der Waals surface area contributed by atoms with Crippen LogP contribution in [-0.4, -0.2) is 14.5 Å². The lowest BCUT2D eigenvalue weighted by Gasteiger charge is -2.02. The van der Waals surface area contributed by atoms with E-state index in [4.69, 9.17) is 21.6 Å². The van der Waals surface area contributed by atoms with E-state index in [0.717, 1.165) is 44.7 Å². The SMILES string of the molecule is CCn1c2ccc(Cl)cc2c2nc3ccccc3nc21. The Hall–Kier alpha value is -2.13. The van der Waals surface area contributed by atoms with Crippen molar-refractivity contribution < 1.29 is 0 Å².